The molecule has 4 heteroatoms. The van der Waals surface area contributed by atoms with Crippen molar-refractivity contribution in [2.75, 3.05) is 13.6 Å². The Bertz CT molecular complexity index is 307. The summed E-state index contributed by atoms with van der Waals surface area (Å²) < 4.78 is 0. The third-order valence-electron chi connectivity index (χ3n) is 3.63. The topological polar surface area (TPSA) is 43.8 Å². The maximum absolute atomic E-state index is 12.4. The Hall–Kier alpha value is -0.770. The number of nitrogens with zero attached hydrogens (tertiary/aromatic N) is 2. The van der Waals surface area contributed by atoms with E-state index in [1.165, 1.54) is 0 Å². The molecule has 0 aromatic rings. The van der Waals surface area contributed by atoms with Gasteiger partial charge in [0.1, 0.15) is 0 Å². The fourth-order valence-electron chi connectivity index (χ4n) is 3.06. The number of aliphatic hydroxyl groups is 1. The van der Waals surface area contributed by atoms with Gasteiger partial charge >= 0.3 is 6.03 Å². The van der Waals surface area contributed by atoms with Crippen LogP contribution in [0.5, 0.6) is 0 Å². The summed E-state index contributed by atoms with van der Waals surface area (Å²) in [5, 5.41) is 9.99. The molecule has 2 atom stereocenters. The standard InChI is InChI=1S/C14H28N2O2/c1-9(2)11-12(10(3)4)16(8-14(5,6)18)13(17)15(11)7/h9-12,18H,8H2,1-7H3. The molecule has 0 aromatic heterocycles. The maximum Gasteiger partial charge on any atom is 0.320 e. The summed E-state index contributed by atoms with van der Waals surface area (Å²) in [4.78, 5) is 16.0. The summed E-state index contributed by atoms with van der Waals surface area (Å²) in [6, 6.07) is 0.434. The van der Waals surface area contributed by atoms with Crippen LogP contribution in [0.25, 0.3) is 0 Å². The van der Waals surface area contributed by atoms with E-state index >= 15 is 0 Å². The molecule has 2 amide bonds. The zero-order chi connectivity index (χ0) is 14.2. The summed E-state index contributed by atoms with van der Waals surface area (Å²) in [5.74, 6) is 0.798. The van der Waals surface area contributed by atoms with Crippen molar-refractivity contribution in [1.82, 2.24) is 9.80 Å². The van der Waals surface area contributed by atoms with Crippen LogP contribution in [0.2, 0.25) is 0 Å². The molecule has 0 bridgehead atoms. The first-order valence-electron chi connectivity index (χ1n) is 6.82. The second-order valence-electron chi connectivity index (χ2n) is 6.80. The number of β-amino-alcohol motifs (C(OH)–C–C–N with tert-alkyl or cyclic N) is 1. The van der Waals surface area contributed by atoms with Crippen molar-refractivity contribution in [3.05, 3.63) is 0 Å². The number of rotatable bonds is 4. The molecule has 1 aliphatic heterocycles. The highest BCUT2D eigenvalue weighted by atomic mass is 16.3. The van der Waals surface area contributed by atoms with E-state index in [-0.39, 0.29) is 18.1 Å². The second kappa shape index (κ2) is 5.08. The number of hydrogen-bond donors (Lipinski definition) is 1. The number of likely N-dealkylation sites (N-methyl/N-ethyl adjacent to an activating group) is 1. The molecule has 2 unspecified atom stereocenters. The van der Waals surface area contributed by atoms with Crippen molar-refractivity contribution in [1.29, 1.82) is 0 Å². The molecule has 1 rings (SSSR count). The SMILES string of the molecule is CC(C)C1C(C(C)C)N(CC(C)(C)O)C(=O)N1C. The van der Waals surface area contributed by atoms with Gasteiger partial charge in [0.2, 0.25) is 0 Å². The first-order valence-corrected chi connectivity index (χ1v) is 6.82. The van der Waals surface area contributed by atoms with E-state index in [4.69, 9.17) is 0 Å². The molecule has 106 valence electrons. The minimum Gasteiger partial charge on any atom is -0.389 e. The van der Waals surface area contributed by atoms with Crippen molar-refractivity contribution < 1.29 is 9.90 Å². The van der Waals surface area contributed by atoms with Crippen LogP contribution >= 0.6 is 0 Å². The lowest BCUT2D eigenvalue weighted by Crippen LogP contribution is -2.48. The van der Waals surface area contributed by atoms with Crippen molar-refractivity contribution >= 4 is 6.03 Å². The molecule has 4 nitrogen and oxygen atoms in total. The Morgan fingerprint density at radius 1 is 1.17 bits per heavy atom. The minimum atomic E-state index is -0.852. The van der Waals surface area contributed by atoms with E-state index in [1.54, 1.807) is 13.8 Å². The van der Waals surface area contributed by atoms with Gasteiger partial charge in [-0.1, -0.05) is 27.7 Å². The van der Waals surface area contributed by atoms with Crippen molar-refractivity contribution in [2.45, 2.75) is 59.2 Å². The van der Waals surface area contributed by atoms with E-state index in [2.05, 4.69) is 27.7 Å². The molecule has 1 heterocycles. The maximum atomic E-state index is 12.4. The van der Waals surface area contributed by atoms with Crippen LogP contribution in [0.15, 0.2) is 0 Å². The summed E-state index contributed by atoms with van der Waals surface area (Å²) in [6.45, 7) is 12.5. The lowest BCUT2D eigenvalue weighted by Gasteiger charge is -2.34. The van der Waals surface area contributed by atoms with Gasteiger partial charge in [-0.25, -0.2) is 4.79 Å². The Kier molecular flexibility index (Phi) is 4.31. The van der Waals surface area contributed by atoms with Gasteiger partial charge in [-0.3, -0.25) is 0 Å². The molecular weight excluding hydrogens is 228 g/mol. The van der Waals surface area contributed by atoms with Crippen LogP contribution in [0.4, 0.5) is 4.79 Å². The van der Waals surface area contributed by atoms with E-state index in [1.807, 2.05) is 16.8 Å². The highest BCUT2D eigenvalue weighted by molar-refractivity contribution is 5.78. The fourth-order valence-corrected chi connectivity index (χ4v) is 3.06. The molecule has 1 aliphatic rings. The Balaban J connectivity index is 3.04. The monoisotopic (exact) mass is 256 g/mol. The molecule has 1 N–H and O–H groups in total. The molecule has 1 fully saturated rings. The van der Waals surface area contributed by atoms with Crippen LogP contribution in [0, 0.1) is 11.8 Å². The predicted octanol–water partition coefficient (Wildman–Crippen LogP) is 2.17. The third kappa shape index (κ3) is 2.97. The van der Waals surface area contributed by atoms with Gasteiger partial charge in [0, 0.05) is 7.05 Å². The second-order valence-corrected chi connectivity index (χ2v) is 6.80. The summed E-state index contributed by atoms with van der Waals surface area (Å²) >= 11 is 0. The normalized spacial score (nSPS) is 25.8. The van der Waals surface area contributed by atoms with Crippen molar-refractivity contribution in [2.24, 2.45) is 11.8 Å². The lowest BCUT2D eigenvalue weighted by atomic mass is 9.88. The number of carbonyl (C=O) groups is 1. The molecular formula is C14H28N2O2. The van der Waals surface area contributed by atoms with Gasteiger partial charge in [0.25, 0.3) is 0 Å². The zero-order valence-electron chi connectivity index (χ0n) is 12.8. The van der Waals surface area contributed by atoms with Gasteiger partial charge in [-0.2, -0.15) is 0 Å². The zero-order valence-corrected chi connectivity index (χ0v) is 12.8. The van der Waals surface area contributed by atoms with E-state index in [0.717, 1.165) is 0 Å². The highest BCUT2D eigenvalue weighted by Gasteiger charge is 2.47. The van der Waals surface area contributed by atoms with Crippen molar-refractivity contribution in [3.63, 3.8) is 0 Å². The molecule has 0 aliphatic carbocycles. The largest absolute Gasteiger partial charge is 0.389 e. The Labute approximate surface area is 111 Å². The number of hydrogen-bond acceptors (Lipinski definition) is 2. The van der Waals surface area contributed by atoms with Gasteiger partial charge in [-0.05, 0) is 25.7 Å². The average molecular weight is 256 g/mol. The van der Waals surface area contributed by atoms with Crippen molar-refractivity contribution in [3.8, 4) is 0 Å². The lowest BCUT2D eigenvalue weighted by molar-refractivity contribution is 0.0339. The van der Waals surface area contributed by atoms with Crippen LogP contribution in [-0.2, 0) is 0 Å². The third-order valence-corrected chi connectivity index (χ3v) is 3.63. The van der Waals surface area contributed by atoms with Gasteiger partial charge in [-0.15, -0.1) is 0 Å². The summed E-state index contributed by atoms with van der Waals surface area (Å²) in [7, 11) is 1.87. The van der Waals surface area contributed by atoms with Crippen LogP contribution in [0.1, 0.15) is 41.5 Å². The number of urea groups is 1. The smallest absolute Gasteiger partial charge is 0.320 e. The predicted molar refractivity (Wildman–Crippen MR) is 73.4 cm³/mol. The summed E-state index contributed by atoms with van der Waals surface area (Å²) in [6.07, 6.45) is 0. The van der Waals surface area contributed by atoms with Crippen LogP contribution in [0.3, 0.4) is 0 Å². The molecule has 18 heavy (non-hydrogen) atoms. The van der Waals surface area contributed by atoms with Gasteiger partial charge in [0.05, 0.1) is 24.2 Å². The van der Waals surface area contributed by atoms with E-state index in [0.29, 0.717) is 18.4 Å². The van der Waals surface area contributed by atoms with Crippen LogP contribution in [-0.4, -0.2) is 52.2 Å². The number of amides is 2. The number of carbonyl (C=O) groups excluding carboxylic acids is 1. The fraction of sp³-hybridized carbons (Fsp3) is 0.929. The van der Waals surface area contributed by atoms with Gasteiger partial charge in [0.15, 0.2) is 0 Å². The molecule has 1 saturated heterocycles. The highest BCUT2D eigenvalue weighted by Crippen LogP contribution is 2.32. The van der Waals surface area contributed by atoms with Gasteiger partial charge < -0.3 is 14.9 Å². The molecule has 0 aromatic carbocycles. The minimum absolute atomic E-state index is 0.0366. The molecule has 0 radical (unpaired) electrons. The van der Waals surface area contributed by atoms with Crippen LogP contribution < -0.4 is 0 Å². The summed E-state index contributed by atoms with van der Waals surface area (Å²) in [5.41, 5.74) is -0.852. The van der Waals surface area contributed by atoms with E-state index < -0.39 is 5.60 Å². The first-order chi connectivity index (χ1) is 8.06. The Morgan fingerprint density at radius 3 is 1.94 bits per heavy atom. The first kappa shape index (κ1) is 15.3. The average Bonchev–Trinajstić information content (AvgIpc) is 2.40. The molecule has 0 saturated carbocycles. The quantitative estimate of drug-likeness (QED) is 0.838. The molecule has 0 spiro atoms. The van der Waals surface area contributed by atoms with E-state index in [9.17, 15) is 9.90 Å². The Morgan fingerprint density at radius 2 is 1.61 bits per heavy atom.